The zero-order chi connectivity index (χ0) is 23.8. The molecule has 0 spiro atoms. The molecule has 7 heteroatoms. The van der Waals surface area contributed by atoms with Crippen LogP contribution in [0.4, 0.5) is 5.69 Å². The van der Waals surface area contributed by atoms with E-state index in [-0.39, 0.29) is 0 Å². The first-order chi connectivity index (χ1) is 16.5. The van der Waals surface area contributed by atoms with Crippen molar-refractivity contribution in [1.82, 2.24) is 4.57 Å². The lowest BCUT2D eigenvalue weighted by Crippen LogP contribution is -2.37. The number of benzene rings is 3. The Morgan fingerprint density at radius 3 is 2.74 bits per heavy atom. The van der Waals surface area contributed by atoms with Crippen LogP contribution in [0.1, 0.15) is 26.1 Å². The average Bonchev–Trinajstić information content (AvgIpc) is 3.36. The second kappa shape index (κ2) is 9.90. The fourth-order valence-electron chi connectivity index (χ4n) is 4.44. The van der Waals surface area contributed by atoms with Crippen molar-refractivity contribution in [3.8, 4) is 0 Å². The highest BCUT2D eigenvalue weighted by molar-refractivity contribution is 8.03. The Hall–Kier alpha value is -2.05. The minimum absolute atomic E-state index is 0.307. The quantitative estimate of drug-likeness (QED) is 0.195. The largest absolute Gasteiger partial charge is 0.349 e. The lowest BCUT2D eigenvalue weighted by Gasteiger charge is -2.04. The van der Waals surface area contributed by atoms with Gasteiger partial charge < -0.3 is 5.32 Å². The minimum Gasteiger partial charge on any atom is -0.349 e. The van der Waals surface area contributed by atoms with Gasteiger partial charge in [-0.1, -0.05) is 78.3 Å². The van der Waals surface area contributed by atoms with Crippen molar-refractivity contribution in [2.75, 3.05) is 5.32 Å². The fraction of sp³-hybridized carbons (Fsp3) is 0.222. The summed E-state index contributed by atoms with van der Waals surface area (Å²) < 4.78 is 4.60. The number of aromatic nitrogens is 2. The summed E-state index contributed by atoms with van der Waals surface area (Å²) in [5.41, 5.74) is 3.36. The number of hydrogen-bond donors (Lipinski definition) is 2. The molecule has 5 rings (SSSR count). The zero-order valence-corrected chi connectivity index (χ0v) is 22.3. The van der Waals surface area contributed by atoms with Gasteiger partial charge in [0, 0.05) is 33.7 Å². The molecule has 0 fully saturated rings. The first kappa shape index (κ1) is 23.7. The van der Waals surface area contributed by atoms with Crippen molar-refractivity contribution in [2.24, 2.45) is 0 Å². The van der Waals surface area contributed by atoms with E-state index < -0.39 is 0 Å². The molecule has 3 aromatic carbocycles. The first-order valence-electron chi connectivity index (χ1n) is 11.4. The maximum atomic E-state index is 6.40. The predicted molar refractivity (Wildman–Crippen MR) is 151 cm³/mol. The summed E-state index contributed by atoms with van der Waals surface area (Å²) in [5, 5.41) is 8.67. The minimum atomic E-state index is 0.307. The second-order valence-corrected chi connectivity index (χ2v) is 11.2. The van der Waals surface area contributed by atoms with Gasteiger partial charge in [0.1, 0.15) is 0 Å². The van der Waals surface area contributed by atoms with Crippen LogP contribution >= 0.6 is 47.6 Å². The Morgan fingerprint density at radius 2 is 1.94 bits per heavy atom. The summed E-state index contributed by atoms with van der Waals surface area (Å²) in [6.07, 6.45) is 7.39. The Kier molecular flexibility index (Phi) is 6.90. The van der Waals surface area contributed by atoms with Crippen LogP contribution in [-0.4, -0.2) is 9.82 Å². The van der Waals surface area contributed by atoms with Gasteiger partial charge in [-0.25, -0.2) is 9.13 Å². The molecule has 174 valence electrons. The molecule has 0 bridgehead atoms. The molecule has 0 amide bonds. The van der Waals surface area contributed by atoms with Crippen LogP contribution in [0.3, 0.4) is 0 Å². The Labute approximate surface area is 219 Å². The SMILES string of the molecule is CCn1c(/C=C/C=C2/Nc3c(ccc4ccccc34)S2)[n+](CCC(C)S)c2cc(Cl)c(Cl)cc21. The number of thioether (sulfide) groups is 1. The highest BCUT2D eigenvalue weighted by atomic mass is 35.5. The van der Waals surface area contributed by atoms with Gasteiger partial charge in [-0.15, -0.1) is 0 Å². The molecule has 1 aliphatic heterocycles. The number of thiol groups is 1. The summed E-state index contributed by atoms with van der Waals surface area (Å²) in [5.74, 6) is 1.12. The van der Waals surface area contributed by atoms with E-state index in [1.807, 2.05) is 12.1 Å². The topological polar surface area (TPSA) is 20.8 Å². The van der Waals surface area contributed by atoms with E-state index in [2.05, 4.69) is 95.6 Å². The Bertz CT molecular complexity index is 1450. The average molecular weight is 528 g/mol. The summed E-state index contributed by atoms with van der Waals surface area (Å²) in [4.78, 5) is 1.25. The molecule has 3 nitrogen and oxygen atoms in total. The summed E-state index contributed by atoms with van der Waals surface area (Å²) in [6, 6.07) is 16.8. The second-order valence-electron chi connectivity index (χ2n) is 8.42. The highest BCUT2D eigenvalue weighted by Crippen LogP contribution is 2.44. The normalized spacial score (nSPS) is 15.5. The van der Waals surface area contributed by atoms with Gasteiger partial charge in [-0.2, -0.15) is 12.6 Å². The van der Waals surface area contributed by atoms with E-state index in [9.17, 15) is 0 Å². The molecular weight excluding hydrogens is 501 g/mol. The van der Waals surface area contributed by atoms with E-state index in [1.165, 1.54) is 21.4 Å². The first-order valence-corrected chi connectivity index (χ1v) is 13.5. The molecule has 1 aliphatic rings. The van der Waals surface area contributed by atoms with Gasteiger partial charge in [0.2, 0.25) is 0 Å². The van der Waals surface area contributed by atoms with Crippen molar-refractivity contribution in [3.63, 3.8) is 0 Å². The molecule has 1 N–H and O–H groups in total. The van der Waals surface area contributed by atoms with Gasteiger partial charge in [0.15, 0.2) is 11.0 Å². The molecule has 2 heterocycles. The molecule has 0 saturated carbocycles. The van der Waals surface area contributed by atoms with Crippen LogP contribution in [0, 0.1) is 0 Å². The number of anilines is 1. The van der Waals surface area contributed by atoms with Gasteiger partial charge in [0.25, 0.3) is 5.82 Å². The third kappa shape index (κ3) is 4.47. The number of halogens is 2. The zero-order valence-electron chi connectivity index (χ0n) is 19.1. The molecule has 1 atom stereocenters. The van der Waals surface area contributed by atoms with Gasteiger partial charge >= 0.3 is 0 Å². The van der Waals surface area contributed by atoms with Crippen LogP contribution < -0.4 is 9.88 Å². The number of aryl methyl sites for hydroxylation is 2. The van der Waals surface area contributed by atoms with E-state index >= 15 is 0 Å². The van der Waals surface area contributed by atoms with Crippen LogP contribution in [0.5, 0.6) is 0 Å². The van der Waals surface area contributed by atoms with E-state index in [4.69, 9.17) is 23.2 Å². The van der Waals surface area contributed by atoms with Crippen LogP contribution in [0.25, 0.3) is 27.9 Å². The van der Waals surface area contributed by atoms with Gasteiger partial charge in [-0.05, 0) is 30.9 Å². The number of allylic oxidation sites excluding steroid dienone is 2. The van der Waals surface area contributed by atoms with Crippen molar-refractivity contribution in [2.45, 2.75) is 43.5 Å². The van der Waals surface area contributed by atoms with Crippen molar-refractivity contribution >= 4 is 81.2 Å². The molecule has 0 aliphatic carbocycles. The molecular formula is C27H26Cl2N3S2+. The van der Waals surface area contributed by atoms with Crippen molar-refractivity contribution in [3.05, 3.63) is 81.6 Å². The predicted octanol–water partition coefficient (Wildman–Crippen LogP) is 8.19. The van der Waals surface area contributed by atoms with Gasteiger partial charge in [-0.3, -0.25) is 0 Å². The third-order valence-electron chi connectivity index (χ3n) is 6.09. The molecule has 0 saturated heterocycles. The standard InChI is InChI=1S/C27H25Cl2N3S2/c1-3-31-22-15-20(28)21(29)16-23(22)32(14-13-17(2)33)26(31)10-6-9-25-30-27-19-8-5-4-7-18(19)11-12-24(27)34-25/h4-12,15-17,33H,3,13-14H2,1-2H3/p+1. The molecule has 0 radical (unpaired) electrons. The van der Waals surface area contributed by atoms with Crippen LogP contribution in [0.2, 0.25) is 10.0 Å². The monoisotopic (exact) mass is 526 g/mol. The number of hydrogen-bond acceptors (Lipinski definition) is 3. The maximum absolute atomic E-state index is 6.40. The lowest BCUT2D eigenvalue weighted by molar-refractivity contribution is -0.674. The maximum Gasteiger partial charge on any atom is 0.282 e. The number of fused-ring (bicyclic) bond motifs is 4. The lowest BCUT2D eigenvalue weighted by atomic mass is 10.1. The molecule has 1 aromatic heterocycles. The smallest absolute Gasteiger partial charge is 0.282 e. The third-order valence-corrected chi connectivity index (χ3v) is 8.09. The molecule has 34 heavy (non-hydrogen) atoms. The van der Waals surface area contributed by atoms with Crippen molar-refractivity contribution < 1.29 is 4.57 Å². The van der Waals surface area contributed by atoms with Crippen molar-refractivity contribution in [1.29, 1.82) is 0 Å². The van der Waals surface area contributed by atoms with E-state index in [0.717, 1.165) is 41.4 Å². The summed E-state index contributed by atoms with van der Waals surface area (Å²) in [7, 11) is 0. The number of nitrogens with one attached hydrogen (secondary N) is 1. The number of nitrogens with zero attached hydrogens (tertiary/aromatic N) is 2. The van der Waals surface area contributed by atoms with E-state index in [0.29, 0.717) is 15.3 Å². The Morgan fingerprint density at radius 1 is 1.15 bits per heavy atom. The summed E-state index contributed by atoms with van der Waals surface area (Å²) >= 11 is 19.1. The highest BCUT2D eigenvalue weighted by Gasteiger charge is 2.24. The number of imidazole rings is 1. The fourth-order valence-corrected chi connectivity index (χ4v) is 5.81. The number of rotatable bonds is 6. The Balaban J connectivity index is 1.51. The molecule has 4 aromatic rings. The van der Waals surface area contributed by atoms with Gasteiger partial charge in [0.05, 0.1) is 33.9 Å². The van der Waals surface area contributed by atoms with E-state index in [1.54, 1.807) is 11.8 Å². The van der Waals surface area contributed by atoms with Crippen LogP contribution in [0.15, 0.2) is 70.6 Å². The summed E-state index contributed by atoms with van der Waals surface area (Å²) in [6.45, 7) is 5.96. The molecule has 1 unspecified atom stereocenters. The van der Waals surface area contributed by atoms with Crippen LogP contribution in [-0.2, 0) is 13.1 Å².